The number of pyridine rings is 1. The van der Waals surface area contributed by atoms with Gasteiger partial charge >= 0.3 is 0 Å². The van der Waals surface area contributed by atoms with Crippen molar-refractivity contribution < 1.29 is 5.11 Å². The highest BCUT2D eigenvalue weighted by atomic mass is 16.3. The minimum absolute atomic E-state index is 0.114. The average Bonchev–Trinajstić information content (AvgIpc) is 3.15. The molecule has 3 heterocycles. The van der Waals surface area contributed by atoms with Crippen LogP contribution in [0.1, 0.15) is 18.3 Å². The minimum Gasteiger partial charge on any atom is -0.394 e. The van der Waals surface area contributed by atoms with Gasteiger partial charge in [0.15, 0.2) is 0 Å². The number of hydrogen-bond acceptors (Lipinski definition) is 3. The number of aliphatic hydroxyl groups is 1. The highest BCUT2D eigenvalue weighted by molar-refractivity contribution is 5.79. The van der Waals surface area contributed by atoms with Crippen LogP contribution in [0.3, 0.4) is 0 Å². The van der Waals surface area contributed by atoms with Crippen molar-refractivity contribution in [2.75, 3.05) is 6.61 Å². The number of nitrogens with zero attached hydrogens (tertiary/aromatic N) is 3. The second-order valence-corrected chi connectivity index (χ2v) is 5.57. The standard InChI is InChI=1S/C18H17N3O/c22-12-15-6-7-16-20-17(13-4-2-1-3-5-13)18(21(15)16)14-8-10-19-11-9-14/h1-5,8-11,15,22H,6-7,12H2/t15-/m0/s1. The molecule has 1 aliphatic heterocycles. The molecule has 0 aliphatic carbocycles. The smallest absolute Gasteiger partial charge is 0.110 e. The topological polar surface area (TPSA) is 50.9 Å². The first-order valence-corrected chi connectivity index (χ1v) is 7.56. The minimum atomic E-state index is 0.114. The van der Waals surface area contributed by atoms with Gasteiger partial charge in [-0.2, -0.15) is 0 Å². The lowest BCUT2D eigenvalue weighted by Gasteiger charge is -2.15. The van der Waals surface area contributed by atoms with Crippen molar-refractivity contribution in [2.45, 2.75) is 18.9 Å². The Hall–Kier alpha value is -2.46. The van der Waals surface area contributed by atoms with Gasteiger partial charge in [0.25, 0.3) is 0 Å². The summed E-state index contributed by atoms with van der Waals surface area (Å²) in [6.45, 7) is 0.148. The lowest BCUT2D eigenvalue weighted by molar-refractivity contribution is 0.234. The van der Waals surface area contributed by atoms with E-state index >= 15 is 0 Å². The van der Waals surface area contributed by atoms with E-state index in [-0.39, 0.29) is 12.6 Å². The fraction of sp³-hybridized carbons (Fsp3) is 0.222. The van der Waals surface area contributed by atoms with E-state index in [1.165, 1.54) is 0 Å². The molecule has 4 nitrogen and oxygen atoms in total. The molecule has 0 fully saturated rings. The lowest BCUT2D eigenvalue weighted by atomic mass is 10.0. The fourth-order valence-electron chi connectivity index (χ4n) is 3.23. The van der Waals surface area contributed by atoms with E-state index in [4.69, 9.17) is 4.98 Å². The van der Waals surface area contributed by atoms with E-state index < -0.39 is 0 Å². The van der Waals surface area contributed by atoms with Gasteiger partial charge in [-0.3, -0.25) is 4.98 Å². The van der Waals surface area contributed by atoms with Crippen LogP contribution in [0.2, 0.25) is 0 Å². The van der Waals surface area contributed by atoms with Crippen molar-refractivity contribution in [3.8, 4) is 22.5 Å². The maximum atomic E-state index is 9.70. The molecule has 0 amide bonds. The predicted octanol–water partition coefficient (Wildman–Crippen LogP) is 3.09. The number of imidazole rings is 1. The fourth-order valence-corrected chi connectivity index (χ4v) is 3.23. The molecule has 2 aromatic heterocycles. The number of rotatable bonds is 3. The van der Waals surface area contributed by atoms with Gasteiger partial charge in [0.2, 0.25) is 0 Å². The molecule has 0 saturated heterocycles. The predicted molar refractivity (Wildman–Crippen MR) is 85.3 cm³/mol. The first-order valence-electron chi connectivity index (χ1n) is 7.56. The summed E-state index contributed by atoms with van der Waals surface area (Å²) < 4.78 is 2.21. The van der Waals surface area contributed by atoms with Crippen LogP contribution in [-0.4, -0.2) is 26.2 Å². The number of aromatic nitrogens is 3. The van der Waals surface area contributed by atoms with Crippen LogP contribution >= 0.6 is 0 Å². The molecule has 0 saturated carbocycles. The van der Waals surface area contributed by atoms with Crippen molar-refractivity contribution in [2.24, 2.45) is 0 Å². The van der Waals surface area contributed by atoms with Crippen molar-refractivity contribution in [1.29, 1.82) is 0 Å². The van der Waals surface area contributed by atoms with Crippen molar-refractivity contribution in [1.82, 2.24) is 14.5 Å². The SMILES string of the molecule is OC[C@@H]1CCc2nc(-c3ccccc3)c(-c3ccncc3)n21. The molecule has 4 heteroatoms. The monoisotopic (exact) mass is 291 g/mol. The van der Waals surface area contributed by atoms with E-state index in [0.717, 1.165) is 41.2 Å². The molecular formula is C18H17N3O. The maximum Gasteiger partial charge on any atom is 0.110 e. The molecule has 1 N–H and O–H groups in total. The normalized spacial score (nSPS) is 16.7. The van der Waals surface area contributed by atoms with Gasteiger partial charge in [0, 0.05) is 29.9 Å². The molecule has 22 heavy (non-hydrogen) atoms. The molecule has 110 valence electrons. The van der Waals surface area contributed by atoms with Gasteiger partial charge in [-0.05, 0) is 18.6 Å². The summed E-state index contributed by atoms with van der Waals surface area (Å²) in [5, 5.41) is 9.70. The maximum absolute atomic E-state index is 9.70. The largest absolute Gasteiger partial charge is 0.394 e. The number of fused-ring (bicyclic) bond motifs is 1. The van der Waals surface area contributed by atoms with Gasteiger partial charge in [-0.1, -0.05) is 30.3 Å². The lowest BCUT2D eigenvalue weighted by Crippen LogP contribution is -2.09. The molecule has 0 unspecified atom stereocenters. The molecule has 1 aliphatic rings. The summed E-state index contributed by atoms with van der Waals surface area (Å²) in [6.07, 6.45) is 5.46. The van der Waals surface area contributed by atoms with Crippen LogP contribution in [0, 0.1) is 0 Å². The number of aryl methyl sites for hydroxylation is 1. The molecule has 0 radical (unpaired) electrons. The Balaban J connectivity index is 1.97. The molecular weight excluding hydrogens is 274 g/mol. The highest BCUT2D eigenvalue weighted by Gasteiger charge is 2.29. The zero-order valence-electron chi connectivity index (χ0n) is 12.2. The third-order valence-corrected chi connectivity index (χ3v) is 4.26. The van der Waals surface area contributed by atoms with E-state index in [2.05, 4.69) is 21.7 Å². The van der Waals surface area contributed by atoms with Crippen LogP contribution in [0.15, 0.2) is 54.9 Å². The first-order chi connectivity index (χ1) is 10.9. The van der Waals surface area contributed by atoms with Crippen molar-refractivity contribution >= 4 is 0 Å². The summed E-state index contributed by atoms with van der Waals surface area (Å²) in [4.78, 5) is 8.98. The van der Waals surface area contributed by atoms with Gasteiger partial charge in [-0.25, -0.2) is 4.98 Å². The molecule has 1 atom stereocenters. The quantitative estimate of drug-likeness (QED) is 0.806. The Morgan fingerprint density at radius 2 is 1.82 bits per heavy atom. The third-order valence-electron chi connectivity index (χ3n) is 4.26. The third kappa shape index (κ3) is 2.04. The van der Waals surface area contributed by atoms with Crippen LogP contribution in [0.4, 0.5) is 0 Å². The summed E-state index contributed by atoms with van der Waals surface area (Å²) in [7, 11) is 0. The van der Waals surface area contributed by atoms with E-state index in [9.17, 15) is 5.11 Å². The first kappa shape index (κ1) is 13.2. The Morgan fingerprint density at radius 1 is 1.05 bits per heavy atom. The van der Waals surface area contributed by atoms with E-state index in [0.29, 0.717) is 0 Å². The van der Waals surface area contributed by atoms with Crippen LogP contribution in [0.5, 0.6) is 0 Å². The molecule has 3 aromatic rings. The Morgan fingerprint density at radius 3 is 2.55 bits per heavy atom. The zero-order valence-corrected chi connectivity index (χ0v) is 12.2. The zero-order chi connectivity index (χ0) is 14.9. The Bertz CT molecular complexity index is 781. The summed E-state index contributed by atoms with van der Waals surface area (Å²) in [5.74, 6) is 1.06. The van der Waals surface area contributed by atoms with Gasteiger partial charge in [-0.15, -0.1) is 0 Å². The highest BCUT2D eigenvalue weighted by Crippen LogP contribution is 2.39. The summed E-state index contributed by atoms with van der Waals surface area (Å²) >= 11 is 0. The molecule has 1 aromatic carbocycles. The van der Waals surface area contributed by atoms with Crippen molar-refractivity contribution in [3.63, 3.8) is 0 Å². The molecule has 0 spiro atoms. The van der Waals surface area contributed by atoms with E-state index in [1.807, 2.05) is 30.3 Å². The number of aliphatic hydroxyl groups excluding tert-OH is 1. The molecule has 4 rings (SSSR count). The number of hydrogen-bond donors (Lipinski definition) is 1. The Labute approximate surface area is 129 Å². The van der Waals surface area contributed by atoms with Crippen molar-refractivity contribution in [3.05, 3.63) is 60.7 Å². The van der Waals surface area contributed by atoms with E-state index in [1.54, 1.807) is 12.4 Å². The van der Waals surface area contributed by atoms with Crippen LogP contribution < -0.4 is 0 Å². The van der Waals surface area contributed by atoms with Gasteiger partial charge in [0.1, 0.15) is 5.82 Å². The van der Waals surface area contributed by atoms with Gasteiger partial charge < -0.3 is 9.67 Å². The number of benzene rings is 1. The molecule has 0 bridgehead atoms. The second kappa shape index (κ2) is 5.39. The van der Waals surface area contributed by atoms with Crippen LogP contribution in [0.25, 0.3) is 22.5 Å². The summed E-state index contributed by atoms with van der Waals surface area (Å²) in [5.41, 5.74) is 4.26. The van der Waals surface area contributed by atoms with Crippen LogP contribution in [-0.2, 0) is 6.42 Å². The summed E-state index contributed by atoms with van der Waals surface area (Å²) in [6, 6.07) is 14.3. The average molecular weight is 291 g/mol. The Kier molecular flexibility index (Phi) is 3.24. The second-order valence-electron chi connectivity index (χ2n) is 5.57. The van der Waals surface area contributed by atoms with Gasteiger partial charge in [0.05, 0.1) is 24.0 Å².